The summed E-state index contributed by atoms with van der Waals surface area (Å²) in [6, 6.07) is 8.66. The molecule has 4 heteroatoms. The van der Waals surface area contributed by atoms with Crippen LogP contribution in [0.25, 0.3) is 0 Å². The smallest absolute Gasteiger partial charge is 0.101 e. The maximum Gasteiger partial charge on any atom is 0.101 e. The van der Waals surface area contributed by atoms with Crippen LogP contribution in [0.4, 0.5) is 5.69 Å². The first-order valence-electron chi connectivity index (χ1n) is 7.96. The first-order valence-corrected chi connectivity index (χ1v) is 8.34. The van der Waals surface area contributed by atoms with E-state index in [1.54, 1.807) is 0 Å². The Morgan fingerprint density at radius 2 is 1.76 bits per heavy atom. The highest BCUT2D eigenvalue weighted by Crippen LogP contribution is 2.27. The number of nitrogens with zero attached hydrogens (tertiary/aromatic N) is 3. The lowest BCUT2D eigenvalue weighted by molar-refractivity contribution is 0.141. The lowest BCUT2D eigenvalue weighted by Gasteiger charge is -2.41. The van der Waals surface area contributed by atoms with Gasteiger partial charge in [-0.15, -0.1) is 0 Å². The predicted molar refractivity (Wildman–Crippen MR) is 86.8 cm³/mol. The molecule has 0 aliphatic carbocycles. The number of nitriles is 1. The fraction of sp³-hybridized carbons (Fsp3) is 0.588. The number of hydrogen-bond acceptors (Lipinski definition) is 3. The van der Waals surface area contributed by atoms with E-state index in [1.165, 1.54) is 45.2 Å². The van der Waals surface area contributed by atoms with Crippen molar-refractivity contribution in [3.8, 4) is 6.07 Å². The van der Waals surface area contributed by atoms with Crippen LogP contribution in [-0.2, 0) is 0 Å². The number of hydrogen-bond donors (Lipinski definition) is 0. The highest BCUT2D eigenvalue weighted by Gasteiger charge is 2.25. The summed E-state index contributed by atoms with van der Waals surface area (Å²) in [4.78, 5) is 5.08. The molecule has 0 N–H and O–H groups in total. The van der Waals surface area contributed by atoms with Gasteiger partial charge in [-0.3, -0.25) is 0 Å². The summed E-state index contributed by atoms with van der Waals surface area (Å²) in [5.41, 5.74) is 1.71. The Labute approximate surface area is 132 Å². The number of anilines is 1. The van der Waals surface area contributed by atoms with Crippen LogP contribution in [0.1, 0.15) is 37.7 Å². The van der Waals surface area contributed by atoms with Crippen LogP contribution >= 0.6 is 11.6 Å². The van der Waals surface area contributed by atoms with Gasteiger partial charge in [-0.2, -0.15) is 5.26 Å². The molecule has 21 heavy (non-hydrogen) atoms. The SMILES string of the molecule is N#Cc1ccc(N2CCC(N3CCCCC3)CC2)cc1Cl. The van der Waals surface area contributed by atoms with E-state index in [0.717, 1.165) is 24.8 Å². The molecule has 0 aromatic heterocycles. The van der Waals surface area contributed by atoms with Crippen LogP contribution in [0.2, 0.25) is 5.02 Å². The van der Waals surface area contributed by atoms with Crippen molar-refractivity contribution in [2.24, 2.45) is 0 Å². The normalized spacial score (nSPS) is 21.2. The minimum Gasteiger partial charge on any atom is -0.371 e. The molecule has 2 heterocycles. The molecular formula is C17H22ClN3. The molecule has 2 aliphatic rings. The minimum absolute atomic E-state index is 0.559. The average molecular weight is 304 g/mol. The third-order valence-electron chi connectivity index (χ3n) is 4.81. The van der Waals surface area contributed by atoms with Gasteiger partial charge >= 0.3 is 0 Å². The van der Waals surface area contributed by atoms with Crippen molar-refractivity contribution in [3.63, 3.8) is 0 Å². The Morgan fingerprint density at radius 1 is 1.05 bits per heavy atom. The lowest BCUT2D eigenvalue weighted by atomic mass is 9.99. The molecule has 3 nitrogen and oxygen atoms in total. The largest absolute Gasteiger partial charge is 0.371 e. The van der Waals surface area contributed by atoms with Crippen molar-refractivity contribution in [1.29, 1.82) is 5.26 Å². The molecule has 0 amide bonds. The zero-order valence-electron chi connectivity index (χ0n) is 12.4. The van der Waals surface area contributed by atoms with E-state index in [1.807, 2.05) is 18.2 Å². The van der Waals surface area contributed by atoms with Gasteiger partial charge < -0.3 is 9.80 Å². The van der Waals surface area contributed by atoms with Gasteiger partial charge in [0.15, 0.2) is 0 Å². The summed E-state index contributed by atoms with van der Waals surface area (Å²) in [6.07, 6.45) is 6.60. The van der Waals surface area contributed by atoms with Crippen LogP contribution in [0.15, 0.2) is 18.2 Å². The van der Waals surface area contributed by atoms with Crippen molar-refractivity contribution in [1.82, 2.24) is 4.90 Å². The second-order valence-corrected chi connectivity index (χ2v) is 6.50. The van der Waals surface area contributed by atoms with Gasteiger partial charge in [-0.25, -0.2) is 0 Å². The third-order valence-corrected chi connectivity index (χ3v) is 5.12. The van der Waals surface area contributed by atoms with Crippen LogP contribution in [-0.4, -0.2) is 37.1 Å². The molecule has 3 rings (SSSR count). The van der Waals surface area contributed by atoms with Crippen molar-refractivity contribution in [2.75, 3.05) is 31.1 Å². The van der Waals surface area contributed by atoms with Crippen molar-refractivity contribution >= 4 is 17.3 Å². The summed E-state index contributed by atoms with van der Waals surface area (Å²) >= 11 is 6.14. The first kappa shape index (κ1) is 14.7. The molecule has 2 fully saturated rings. The molecule has 1 aromatic carbocycles. The second kappa shape index (κ2) is 6.68. The van der Waals surface area contributed by atoms with Crippen LogP contribution < -0.4 is 4.90 Å². The monoisotopic (exact) mass is 303 g/mol. The summed E-state index contributed by atoms with van der Waals surface area (Å²) < 4.78 is 0. The Morgan fingerprint density at radius 3 is 2.38 bits per heavy atom. The fourth-order valence-electron chi connectivity index (χ4n) is 3.56. The maximum atomic E-state index is 8.95. The standard InChI is InChI=1S/C17H22ClN3/c18-17-12-16(5-4-14(17)13-19)21-10-6-15(7-11-21)20-8-2-1-3-9-20/h4-5,12,15H,1-3,6-11H2. The van der Waals surface area contributed by atoms with E-state index in [4.69, 9.17) is 16.9 Å². The van der Waals surface area contributed by atoms with Gasteiger partial charge in [0.1, 0.15) is 6.07 Å². The Kier molecular flexibility index (Phi) is 4.67. The highest BCUT2D eigenvalue weighted by atomic mass is 35.5. The number of likely N-dealkylation sites (tertiary alicyclic amines) is 1. The second-order valence-electron chi connectivity index (χ2n) is 6.09. The third kappa shape index (κ3) is 3.33. The Hall–Kier alpha value is -1.24. The highest BCUT2D eigenvalue weighted by molar-refractivity contribution is 6.32. The molecule has 0 spiro atoms. The van der Waals surface area contributed by atoms with E-state index in [2.05, 4.69) is 15.9 Å². The molecule has 0 saturated carbocycles. The molecule has 0 radical (unpaired) electrons. The molecule has 112 valence electrons. The number of piperidine rings is 2. The number of benzene rings is 1. The maximum absolute atomic E-state index is 8.95. The molecule has 0 bridgehead atoms. The molecular weight excluding hydrogens is 282 g/mol. The zero-order chi connectivity index (χ0) is 14.7. The van der Waals surface area contributed by atoms with Gasteiger partial charge in [0, 0.05) is 24.8 Å². The minimum atomic E-state index is 0.559. The van der Waals surface area contributed by atoms with E-state index in [-0.39, 0.29) is 0 Å². The molecule has 0 atom stereocenters. The van der Waals surface area contributed by atoms with Gasteiger partial charge in [-0.05, 0) is 57.0 Å². The van der Waals surface area contributed by atoms with Gasteiger partial charge in [0.2, 0.25) is 0 Å². The summed E-state index contributed by atoms with van der Waals surface area (Å²) in [6.45, 7) is 4.74. The van der Waals surface area contributed by atoms with Crippen molar-refractivity contribution < 1.29 is 0 Å². The number of halogens is 1. The molecule has 2 aliphatic heterocycles. The van der Waals surface area contributed by atoms with Crippen molar-refractivity contribution in [2.45, 2.75) is 38.1 Å². The molecule has 0 unspecified atom stereocenters. The van der Waals surface area contributed by atoms with Gasteiger partial charge in [0.25, 0.3) is 0 Å². The van der Waals surface area contributed by atoms with E-state index < -0.39 is 0 Å². The molecule has 2 saturated heterocycles. The van der Waals surface area contributed by atoms with Gasteiger partial charge in [0.05, 0.1) is 10.6 Å². The van der Waals surface area contributed by atoms with Crippen LogP contribution in [0, 0.1) is 11.3 Å². The zero-order valence-corrected chi connectivity index (χ0v) is 13.1. The summed E-state index contributed by atoms with van der Waals surface area (Å²) in [5, 5.41) is 9.51. The van der Waals surface area contributed by atoms with Gasteiger partial charge in [-0.1, -0.05) is 18.0 Å². The fourth-order valence-corrected chi connectivity index (χ4v) is 3.78. The topological polar surface area (TPSA) is 30.3 Å². The van der Waals surface area contributed by atoms with E-state index in [9.17, 15) is 0 Å². The summed E-state index contributed by atoms with van der Waals surface area (Å²) in [5.74, 6) is 0. The first-order chi connectivity index (χ1) is 10.3. The number of rotatable bonds is 2. The van der Waals surface area contributed by atoms with E-state index in [0.29, 0.717) is 10.6 Å². The summed E-state index contributed by atoms with van der Waals surface area (Å²) in [7, 11) is 0. The van der Waals surface area contributed by atoms with E-state index >= 15 is 0 Å². The average Bonchev–Trinajstić information content (AvgIpc) is 2.56. The lowest BCUT2D eigenvalue weighted by Crippen LogP contribution is -2.46. The molecule has 1 aromatic rings. The van der Waals surface area contributed by atoms with Crippen molar-refractivity contribution in [3.05, 3.63) is 28.8 Å². The Balaban J connectivity index is 1.60. The predicted octanol–water partition coefficient (Wildman–Crippen LogP) is 3.67. The van der Waals surface area contributed by atoms with Crippen LogP contribution in [0.5, 0.6) is 0 Å². The Bertz CT molecular complexity index is 523. The quantitative estimate of drug-likeness (QED) is 0.835. The van der Waals surface area contributed by atoms with Crippen LogP contribution in [0.3, 0.4) is 0 Å².